The summed E-state index contributed by atoms with van der Waals surface area (Å²) in [6.45, 7) is 1.44. The van der Waals surface area contributed by atoms with Crippen molar-refractivity contribution in [3.63, 3.8) is 0 Å². The fourth-order valence-corrected chi connectivity index (χ4v) is 4.36. The van der Waals surface area contributed by atoms with Crippen molar-refractivity contribution >= 4 is 45.3 Å². The lowest BCUT2D eigenvalue weighted by molar-refractivity contribution is -0.134. The Kier molecular flexibility index (Phi) is 7.24. The molecule has 0 saturated heterocycles. The number of ether oxygens (including phenoxy) is 2. The van der Waals surface area contributed by atoms with Crippen LogP contribution in [0.5, 0.6) is 11.5 Å². The largest absolute Gasteiger partial charge is 0.490 e. The van der Waals surface area contributed by atoms with E-state index in [0.717, 1.165) is 27.6 Å². The third-order valence-corrected chi connectivity index (χ3v) is 5.78. The molecule has 3 aromatic carbocycles. The van der Waals surface area contributed by atoms with Gasteiger partial charge in [0.25, 0.3) is 0 Å². The summed E-state index contributed by atoms with van der Waals surface area (Å²) in [6.07, 6.45) is 1.12. The van der Waals surface area contributed by atoms with Crippen molar-refractivity contribution in [1.29, 1.82) is 0 Å². The number of carboxylic acid groups (broad SMARTS) is 2. The van der Waals surface area contributed by atoms with Crippen LogP contribution >= 0.6 is 11.6 Å². The van der Waals surface area contributed by atoms with Crippen LogP contribution in [0.2, 0.25) is 5.02 Å². The predicted molar refractivity (Wildman–Crippen MR) is 133 cm³/mol. The third-order valence-electron chi connectivity index (χ3n) is 5.48. The van der Waals surface area contributed by atoms with Gasteiger partial charge in [0.1, 0.15) is 24.7 Å². The Morgan fingerprint density at radius 3 is 2.43 bits per heavy atom. The number of carboxylic acids is 2. The van der Waals surface area contributed by atoms with Crippen LogP contribution in [0.25, 0.3) is 21.8 Å². The number of aromatic nitrogens is 1. The van der Waals surface area contributed by atoms with Crippen LogP contribution < -0.4 is 15.2 Å². The quantitative estimate of drug-likeness (QED) is 0.337. The number of aliphatic carboxylic acids is 2. The molecule has 1 aliphatic rings. The molecule has 0 bridgehead atoms. The first kappa shape index (κ1) is 24.1. The SMILES string of the molecule is NCCOc1c(Cl)ccc2c1c1cccc3c1n2C(c1ccccc1)CO3.O=C(O)/C=C\C(=O)O. The lowest BCUT2D eigenvalue weighted by atomic mass is 10.1. The van der Waals surface area contributed by atoms with Gasteiger partial charge in [-0.05, 0) is 23.8 Å². The van der Waals surface area contributed by atoms with Crippen molar-refractivity contribution in [2.75, 3.05) is 19.8 Å². The Hall–Kier alpha value is -4.01. The van der Waals surface area contributed by atoms with Crippen molar-refractivity contribution in [3.8, 4) is 11.5 Å². The molecule has 5 rings (SSSR count). The number of fused-ring (bicyclic) bond motifs is 3. The Morgan fingerprint density at radius 2 is 1.77 bits per heavy atom. The van der Waals surface area contributed by atoms with Gasteiger partial charge in [-0.2, -0.15) is 0 Å². The first-order valence-electron chi connectivity index (χ1n) is 10.8. The summed E-state index contributed by atoms with van der Waals surface area (Å²) in [4.78, 5) is 19.1. The monoisotopic (exact) mass is 494 g/mol. The van der Waals surface area contributed by atoms with Crippen molar-refractivity contribution < 1.29 is 29.3 Å². The van der Waals surface area contributed by atoms with E-state index in [2.05, 4.69) is 41.0 Å². The Balaban J connectivity index is 0.000000314. The maximum atomic E-state index is 9.55. The summed E-state index contributed by atoms with van der Waals surface area (Å²) in [7, 11) is 0. The number of nitrogens with two attached hydrogens (primary N) is 1. The van der Waals surface area contributed by atoms with Crippen LogP contribution in [-0.4, -0.2) is 46.5 Å². The first-order chi connectivity index (χ1) is 16.9. The molecule has 4 aromatic rings. The summed E-state index contributed by atoms with van der Waals surface area (Å²) in [5.41, 5.74) is 9.03. The number of benzene rings is 3. The average molecular weight is 495 g/mol. The molecule has 180 valence electrons. The number of para-hydroxylation sites is 1. The van der Waals surface area contributed by atoms with Crippen LogP contribution in [0.1, 0.15) is 11.6 Å². The second-order valence-electron chi connectivity index (χ2n) is 7.68. The molecule has 0 radical (unpaired) electrons. The highest BCUT2D eigenvalue weighted by atomic mass is 35.5. The van der Waals surface area contributed by atoms with Gasteiger partial charge in [0, 0.05) is 24.1 Å². The normalized spacial score (nSPS) is 14.4. The summed E-state index contributed by atoms with van der Waals surface area (Å²) in [6, 6.07) is 20.6. The summed E-state index contributed by atoms with van der Waals surface area (Å²) in [5.74, 6) is -0.939. The van der Waals surface area contributed by atoms with E-state index in [9.17, 15) is 9.59 Å². The average Bonchev–Trinajstić information content (AvgIpc) is 3.19. The Bertz CT molecular complexity index is 1400. The zero-order valence-corrected chi connectivity index (χ0v) is 19.3. The fraction of sp³-hybridized carbons (Fsp3) is 0.154. The minimum Gasteiger partial charge on any atom is -0.490 e. The van der Waals surface area contributed by atoms with Crippen LogP contribution in [-0.2, 0) is 9.59 Å². The van der Waals surface area contributed by atoms with E-state index in [1.807, 2.05) is 24.3 Å². The highest BCUT2D eigenvalue weighted by molar-refractivity contribution is 6.34. The molecule has 0 amide bonds. The Labute approximate surface area is 205 Å². The molecular weight excluding hydrogens is 472 g/mol. The van der Waals surface area contributed by atoms with Gasteiger partial charge >= 0.3 is 11.9 Å². The molecular formula is C26H23ClN2O6. The minimum absolute atomic E-state index is 0.0876. The third kappa shape index (κ3) is 4.94. The highest BCUT2D eigenvalue weighted by Gasteiger charge is 2.28. The van der Waals surface area contributed by atoms with E-state index in [-0.39, 0.29) is 6.04 Å². The van der Waals surface area contributed by atoms with Crippen molar-refractivity contribution in [1.82, 2.24) is 4.57 Å². The lowest BCUT2D eigenvalue weighted by Crippen LogP contribution is -2.22. The molecule has 9 heteroatoms. The molecule has 0 fully saturated rings. The van der Waals surface area contributed by atoms with Crippen LogP contribution in [0.3, 0.4) is 0 Å². The van der Waals surface area contributed by atoms with E-state index >= 15 is 0 Å². The topological polar surface area (TPSA) is 124 Å². The van der Waals surface area contributed by atoms with E-state index in [4.69, 9.17) is 37.0 Å². The Morgan fingerprint density at radius 1 is 1.06 bits per heavy atom. The van der Waals surface area contributed by atoms with Gasteiger partial charge in [0.15, 0.2) is 0 Å². The summed E-state index contributed by atoms with van der Waals surface area (Å²) in [5, 5.41) is 18.3. The number of carbonyl (C=O) groups is 2. The van der Waals surface area contributed by atoms with Gasteiger partial charge in [0.2, 0.25) is 0 Å². The minimum atomic E-state index is -1.26. The second-order valence-corrected chi connectivity index (χ2v) is 8.08. The molecule has 0 aliphatic carbocycles. The predicted octanol–water partition coefficient (Wildman–Crippen LogP) is 4.48. The number of hydrogen-bond acceptors (Lipinski definition) is 5. The number of rotatable bonds is 6. The van der Waals surface area contributed by atoms with Crippen molar-refractivity contribution in [3.05, 3.63) is 83.4 Å². The molecule has 35 heavy (non-hydrogen) atoms. The van der Waals surface area contributed by atoms with Crippen LogP contribution in [0, 0.1) is 0 Å². The molecule has 0 saturated carbocycles. The van der Waals surface area contributed by atoms with Gasteiger partial charge in [-0.25, -0.2) is 9.59 Å². The zero-order valence-electron chi connectivity index (χ0n) is 18.6. The molecule has 8 nitrogen and oxygen atoms in total. The van der Waals surface area contributed by atoms with Crippen molar-refractivity contribution in [2.24, 2.45) is 5.73 Å². The maximum absolute atomic E-state index is 9.55. The highest BCUT2D eigenvalue weighted by Crippen LogP contribution is 2.46. The standard InChI is InChI=1S/C22H19ClN2O2.C4H4O4/c23-16-9-10-17-20(22(16)26-12-11-24)15-7-4-8-19-21(15)25(17)18(13-27-19)14-5-2-1-3-6-14;5-3(6)1-2-4(7)8/h1-10,18H,11-13,24H2;1-2H,(H,5,6)(H,7,8)/b;2-1-. The summed E-state index contributed by atoms with van der Waals surface area (Å²) < 4.78 is 14.4. The molecule has 1 aromatic heterocycles. The zero-order chi connectivity index (χ0) is 24.9. The lowest BCUT2D eigenvalue weighted by Gasteiger charge is -2.27. The molecule has 0 spiro atoms. The van der Waals surface area contributed by atoms with Crippen LogP contribution in [0.4, 0.5) is 0 Å². The van der Waals surface area contributed by atoms with Gasteiger partial charge in [-0.1, -0.05) is 54.1 Å². The van der Waals surface area contributed by atoms with E-state index in [1.165, 1.54) is 5.56 Å². The van der Waals surface area contributed by atoms with Crippen LogP contribution in [0.15, 0.2) is 72.8 Å². The molecule has 4 N–H and O–H groups in total. The number of halogens is 1. The van der Waals surface area contributed by atoms with Gasteiger partial charge < -0.3 is 30.0 Å². The van der Waals surface area contributed by atoms with Crippen molar-refractivity contribution in [2.45, 2.75) is 6.04 Å². The summed E-state index contributed by atoms with van der Waals surface area (Å²) >= 11 is 6.49. The van der Waals surface area contributed by atoms with E-state index in [0.29, 0.717) is 42.7 Å². The molecule has 2 heterocycles. The van der Waals surface area contributed by atoms with Gasteiger partial charge in [-0.3, -0.25) is 0 Å². The second kappa shape index (κ2) is 10.5. The van der Waals surface area contributed by atoms with E-state index < -0.39 is 11.9 Å². The van der Waals surface area contributed by atoms with Gasteiger partial charge in [-0.15, -0.1) is 0 Å². The molecule has 1 atom stereocenters. The van der Waals surface area contributed by atoms with Gasteiger partial charge in [0.05, 0.1) is 27.5 Å². The fourth-order valence-electron chi connectivity index (χ4n) is 4.15. The first-order valence-corrected chi connectivity index (χ1v) is 11.2. The van der Waals surface area contributed by atoms with E-state index in [1.54, 1.807) is 0 Å². The number of nitrogens with zero attached hydrogens (tertiary/aromatic N) is 1. The molecule has 1 unspecified atom stereocenters. The number of hydrogen-bond donors (Lipinski definition) is 3. The molecule has 1 aliphatic heterocycles. The maximum Gasteiger partial charge on any atom is 0.328 e. The smallest absolute Gasteiger partial charge is 0.328 e.